The lowest BCUT2D eigenvalue weighted by Crippen LogP contribution is -2.50. The first-order valence-electron chi connectivity index (χ1n) is 8.63. The lowest BCUT2D eigenvalue weighted by atomic mass is 10.1. The van der Waals surface area contributed by atoms with Gasteiger partial charge in [0.15, 0.2) is 0 Å². The van der Waals surface area contributed by atoms with Crippen LogP contribution in [-0.2, 0) is 0 Å². The van der Waals surface area contributed by atoms with Gasteiger partial charge in [-0.3, -0.25) is 4.90 Å². The van der Waals surface area contributed by atoms with Gasteiger partial charge < -0.3 is 15.5 Å². The second-order valence-electron chi connectivity index (χ2n) is 6.41. The zero-order valence-electron chi connectivity index (χ0n) is 13.9. The van der Waals surface area contributed by atoms with Crippen LogP contribution >= 0.6 is 0 Å². The molecule has 2 N–H and O–H groups in total. The molecule has 0 saturated carbocycles. The predicted molar refractivity (Wildman–Crippen MR) is 97.0 cm³/mol. The van der Waals surface area contributed by atoms with Crippen LogP contribution in [-0.4, -0.2) is 38.3 Å². The predicted octanol–water partition coefficient (Wildman–Crippen LogP) is 2.86. The summed E-state index contributed by atoms with van der Waals surface area (Å²) in [4.78, 5) is 16.5. The van der Waals surface area contributed by atoms with Gasteiger partial charge >= 0.3 is 6.03 Å². The maximum absolute atomic E-state index is 13.9. The highest BCUT2D eigenvalue weighted by molar-refractivity contribution is 5.98. The molecule has 2 heterocycles. The number of hydrogen-bond acceptors (Lipinski definition) is 3. The van der Waals surface area contributed by atoms with Crippen LogP contribution in [0, 0.1) is 5.82 Å². The van der Waals surface area contributed by atoms with Crippen LogP contribution in [0.4, 0.5) is 26.2 Å². The Morgan fingerprint density at radius 3 is 2.72 bits per heavy atom. The van der Waals surface area contributed by atoms with Gasteiger partial charge in [-0.25, -0.2) is 9.18 Å². The SMILES string of the molecule is O=C(N[C@@H]1CCNC1)N1CCN(c2ccccc2)c2cc(F)ccc21. The molecule has 2 aliphatic heterocycles. The number of urea groups is 1. The van der Waals surface area contributed by atoms with Gasteiger partial charge in [-0.1, -0.05) is 18.2 Å². The first-order valence-corrected chi connectivity index (χ1v) is 8.63. The highest BCUT2D eigenvalue weighted by Crippen LogP contribution is 2.38. The molecule has 0 aliphatic carbocycles. The molecule has 0 unspecified atom stereocenters. The minimum Gasteiger partial charge on any atom is -0.338 e. The molecule has 130 valence electrons. The number of nitrogens with one attached hydrogen (secondary N) is 2. The number of anilines is 3. The van der Waals surface area contributed by atoms with Crippen LogP contribution in [0.1, 0.15) is 6.42 Å². The fraction of sp³-hybridized carbons (Fsp3) is 0.316. The van der Waals surface area contributed by atoms with Crippen molar-refractivity contribution in [2.45, 2.75) is 12.5 Å². The first-order chi connectivity index (χ1) is 12.2. The Morgan fingerprint density at radius 2 is 1.96 bits per heavy atom. The average Bonchev–Trinajstić information content (AvgIpc) is 3.14. The van der Waals surface area contributed by atoms with Crippen LogP contribution in [0.25, 0.3) is 0 Å². The molecule has 1 saturated heterocycles. The number of benzene rings is 2. The molecule has 4 rings (SSSR count). The van der Waals surface area contributed by atoms with Crippen LogP contribution in [0.15, 0.2) is 48.5 Å². The smallest absolute Gasteiger partial charge is 0.322 e. The zero-order valence-corrected chi connectivity index (χ0v) is 13.9. The summed E-state index contributed by atoms with van der Waals surface area (Å²) in [6.45, 7) is 2.90. The molecule has 2 aliphatic rings. The Bertz CT molecular complexity index is 761. The first kappa shape index (κ1) is 15.9. The Kier molecular flexibility index (Phi) is 4.28. The van der Waals surface area contributed by atoms with Crippen molar-refractivity contribution >= 4 is 23.1 Å². The number of halogens is 1. The normalized spacial score (nSPS) is 19.6. The standard InChI is InChI=1S/C19H21FN4O/c20-14-6-7-17-18(12-14)23(16-4-2-1-3-5-16)10-11-24(17)19(25)22-15-8-9-21-13-15/h1-7,12,15,21H,8-11,13H2,(H,22,25)/t15-/m1/s1. The minimum absolute atomic E-state index is 0.116. The van der Waals surface area contributed by atoms with Crippen LogP contribution in [0.5, 0.6) is 0 Å². The van der Waals surface area contributed by atoms with Gasteiger partial charge in [0, 0.05) is 31.4 Å². The van der Waals surface area contributed by atoms with Crippen molar-refractivity contribution in [3.8, 4) is 0 Å². The van der Waals surface area contributed by atoms with Crippen molar-refractivity contribution in [2.75, 3.05) is 36.0 Å². The summed E-state index contributed by atoms with van der Waals surface area (Å²) >= 11 is 0. The van der Waals surface area contributed by atoms with E-state index in [4.69, 9.17) is 0 Å². The van der Waals surface area contributed by atoms with Gasteiger partial charge in [0.1, 0.15) is 5.82 Å². The van der Waals surface area contributed by atoms with E-state index < -0.39 is 0 Å². The van der Waals surface area contributed by atoms with Gasteiger partial charge in [-0.05, 0) is 43.3 Å². The van der Waals surface area contributed by atoms with Gasteiger partial charge in [0.25, 0.3) is 0 Å². The van der Waals surface area contributed by atoms with Crippen LogP contribution in [0.3, 0.4) is 0 Å². The Balaban J connectivity index is 1.64. The Hall–Kier alpha value is -2.60. The summed E-state index contributed by atoms with van der Waals surface area (Å²) in [6, 6.07) is 14.5. The molecular formula is C19H21FN4O. The third-order valence-corrected chi connectivity index (χ3v) is 4.77. The highest BCUT2D eigenvalue weighted by atomic mass is 19.1. The number of carbonyl (C=O) groups is 1. The van der Waals surface area contributed by atoms with Crippen LogP contribution < -0.4 is 20.4 Å². The molecule has 6 heteroatoms. The van der Waals surface area contributed by atoms with E-state index in [-0.39, 0.29) is 17.9 Å². The van der Waals surface area contributed by atoms with E-state index in [1.54, 1.807) is 11.0 Å². The van der Waals surface area contributed by atoms with Crippen molar-refractivity contribution in [3.05, 3.63) is 54.3 Å². The molecule has 0 bridgehead atoms. The average molecular weight is 340 g/mol. The van der Waals surface area contributed by atoms with Crippen LogP contribution in [0.2, 0.25) is 0 Å². The van der Waals surface area contributed by atoms with E-state index in [9.17, 15) is 9.18 Å². The number of carbonyl (C=O) groups excluding carboxylic acids is 1. The van der Waals surface area contributed by atoms with Crippen molar-refractivity contribution in [3.63, 3.8) is 0 Å². The Morgan fingerprint density at radius 1 is 1.12 bits per heavy atom. The molecule has 1 fully saturated rings. The van der Waals surface area contributed by atoms with Gasteiger partial charge in [0.2, 0.25) is 0 Å². The lowest BCUT2D eigenvalue weighted by molar-refractivity contribution is 0.243. The largest absolute Gasteiger partial charge is 0.338 e. The second kappa shape index (κ2) is 6.72. The van der Waals surface area contributed by atoms with Gasteiger partial charge in [0.05, 0.1) is 11.4 Å². The zero-order chi connectivity index (χ0) is 17.2. The molecule has 1 atom stereocenters. The number of hydrogen-bond donors (Lipinski definition) is 2. The second-order valence-corrected chi connectivity index (χ2v) is 6.41. The summed E-state index contributed by atoms with van der Waals surface area (Å²) in [5.41, 5.74) is 2.45. The third-order valence-electron chi connectivity index (χ3n) is 4.77. The molecule has 0 radical (unpaired) electrons. The van der Waals surface area contributed by atoms with Crippen molar-refractivity contribution < 1.29 is 9.18 Å². The summed E-state index contributed by atoms with van der Waals surface area (Å²) in [7, 11) is 0. The quantitative estimate of drug-likeness (QED) is 0.884. The van der Waals surface area contributed by atoms with E-state index in [0.29, 0.717) is 13.1 Å². The fourth-order valence-electron chi connectivity index (χ4n) is 3.50. The molecule has 5 nitrogen and oxygen atoms in total. The van der Waals surface area contributed by atoms with E-state index in [2.05, 4.69) is 15.5 Å². The van der Waals surface area contributed by atoms with E-state index >= 15 is 0 Å². The van der Waals surface area contributed by atoms with E-state index in [1.807, 2.05) is 30.3 Å². The molecule has 0 aromatic heterocycles. The third kappa shape index (κ3) is 3.17. The van der Waals surface area contributed by atoms with Gasteiger partial charge in [-0.15, -0.1) is 0 Å². The molecule has 2 aromatic carbocycles. The lowest BCUT2D eigenvalue weighted by Gasteiger charge is -2.38. The number of fused-ring (bicyclic) bond motifs is 1. The number of amides is 2. The summed E-state index contributed by atoms with van der Waals surface area (Å²) in [5, 5.41) is 6.32. The van der Waals surface area contributed by atoms with Gasteiger partial charge in [-0.2, -0.15) is 0 Å². The maximum atomic E-state index is 13.9. The summed E-state index contributed by atoms with van der Waals surface area (Å²) < 4.78 is 13.9. The van der Waals surface area contributed by atoms with Crippen molar-refractivity contribution in [2.24, 2.45) is 0 Å². The highest BCUT2D eigenvalue weighted by Gasteiger charge is 2.29. The molecular weight excluding hydrogens is 319 g/mol. The minimum atomic E-state index is -0.304. The van der Waals surface area contributed by atoms with E-state index in [1.165, 1.54) is 12.1 Å². The molecule has 0 spiro atoms. The molecule has 25 heavy (non-hydrogen) atoms. The summed E-state index contributed by atoms with van der Waals surface area (Å²) in [5.74, 6) is -0.304. The number of nitrogens with zero attached hydrogens (tertiary/aromatic N) is 2. The maximum Gasteiger partial charge on any atom is 0.322 e. The Labute approximate surface area is 146 Å². The van der Waals surface area contributed by atoms with Crippen molar-refractivity contribution in [1.82, 2.24) is 10.6 Å². The number of para-hydroxylation sites is 1. The molecule has 2 amide bonds. The van der Waals surface area contributed by atoms with E-state index in [0.717, 1.165) is 36.6 Å². The fourth-order valence-corrected chi connectivity index (χ4v) is 3.50. The molecule has 2 aromatic rings. The summed E-state index contributed by atoms with van der Waals surface area (Å²) in [6.07, 6.45) is 0.937. The number of rotatable bonds is 2. The van der Waals surface area contributed by atoms with Crippen molar-refractivity contribution in [1.29, 1.82) is 0 Å². The topological polar surface area (TPSA) is 47.6 Å². The monoisotopic (exact) mass is 340 g/mol.